The summed E-state index contributed by atoms with van der Waals surface area (Å²) < 4.78 is 25.9. The molecule has 5 rings (SSSR count). The van der Waals surface area contributed by atoms with E-state index in [2.05, 4.69) is 0 Å². The number of hydrogen-bond donors (Lipinski definition) is 0. The smallest absolute Gasteiger partial charge is 0.135 e. The lowest BCUT2D eigenvalue weighted by Crippen LogP contribution is -2.57. The van der Waals surface area contributed by atoms with Crippen LogP contribution in [0.5, 0.6) is 0 Å². The summed E-state index contributed by atoms with van der Waals surface area (Å²) in [6.07, 6.45) is -1.08. The molecule has 2 aliphatic rings. The van der Waals surface area contributed by atoms with E-state index in [1.165, 1.54) is 0 Å². The minimum absolute atomic E-state index is 0.122. The summed E-state index contributed by atoms with van der Waals surface area (Å²) >= 11 is 0. The van der Waals surface area contributed by atoms with E-state index >= 15 is 0 Å². The first-order valence-corrected chi connectivity index (χ1v) is 12.3. The van der Waals surface area contributed by atoms with Gasteiger partial charge in [-0.25, -0.2) is 0 Å². The molecule has 2 bridgehead atoms. The highest BCUT2D eigenvalue weighted by molar-refractivity contribution is 5.79. The van der Waals surface area contributed by atoms with E-state index in [0.717, 1.165) is 16.7 Å². The maximum atomic E-state index is 12.6. The fraction of sp³-hybridized carbons (Fsp3) is 0.367. The Labute approximate surface area is 207 Å². The van der Waals surface area contributed by atoms with Crippen molar-refractivity contribution in [3.8, 4) is 0 Å². The second-order valence-corrected chi connectivity index (χ2v) is 9.38. The molecular formula is C30H32O5. The van der Waals surface area contributed by atoms with E-state index in [9.17, 15) is 4.79 Å². The molecule has 0 amide bonds. The molecule has 2 aliphatic heterocycles. The Bertz CT molecular complexity index is 1070. The Balaban J connectivity index is 1.40. The summed E-state index contributed by atoms with van der Waals surface area (Å²) in [7, 11) is 0. The molecule has 0 N–H and O–H groups in total. The van der Waals surface area contributed by atoms with Crippen LogP contribution in [0.3, 0.4) is 0 Å². The molecule has 2 unspecified atom stereocenters. The molecule has 0 radical (unpaired) electrons. The van der Waals surface area contributed by atoms with Crippen molar-refractivity contribution in [3.63, 3.8) is 0 Å². The van der Waals surface area contributed by atoms with Crippen LogP contribution in [-0.4, -0.2) is 36.3 Å². The van der Waals surface area contributed by atoms with Crippen molar-refractivity contribution in [2.24, 2.45) is 5.92 Å². The van der Waals surface area contributed by atoms with Crippen LogP contribution in [-0.2, 0) is 43.6 Å². The summed E-state index contributed by atoms with van der Waals surface area (Å²) in [5.41, 5.74) is 3.23. The van der Waals surface area contributed by atoms with Gasteiger partial charge in [0.25, 0.3) is 0 Å². The Morgan fingerprint density at radius 2 is 1.11 bits per heavy atom. The van der Waals surface area contributed by atoms with E-state index in [1.807, 2.05) is 91.0 Å². The molecule has 6 atom stereocenters. The van der Waals surface area contributed by atoms with Gasteiger partial charge in [0.2, 0.25) is 0 Å². The molecule has 5 heteroatoms. The lowest BCUT2D eigenvalue weighted by molar-refractivity contribution is -0.246. The van der Waals surface area contributed by atoms with Gasteiger partial charge in [-0.3, -0.25) is 4.79 Å². The standard InChI is InChI=1S/C30H32O5/c1-21(31)25-17-26-28(32-18-22-11-5-2-6-12-22)30(34-20-24-15-9-4-10-16-24)29(27(25)35-26)33-19-23-13-7-3-8-14-23/h2-16,25-30H,17-20H2,1H3/t25-,26?,27?,28-,29+,30+/m1/s1. The van der Waals surface area contributed by atoms with Crippen molar-refractivity contribution >= 4 is 5.78 Å². The predicted octanol–water partition coefficient (Wildman–Crippen LogP) is 5.12. The van der Waals surface area contributed by atoms with Crippen molar-refractivity contribution in [1.82, 2.24) is 0 Å². The van der Waals surface area contributed by atoms with Crippen LogP contribution in [0, 0.1) is 5.92 Å². The second-order valence-electron chi connectivity index (χ2n) is 9.38. The number of fused-ring (bicyclic) bond motifs is 2. The lowest BCUT2D eigenvalue weighted by Gasteiger charge is -2.42. The largest absolute Gasteiger partial charge is 0.369 e. The van der Waals surface area contributed by atoms with Crippen molar-refractivity contribution in [1.29, 1.82) is 0 Å². The zero-order chi connectivity index (χ0) is 24.0. The average Bonchev–Trinajstić information content (AvgIpc) is 3.29. The molecule has 3 aromatic rings. The zero-order valence-electron chi connectivity index (χ0n) is 20.0. The number of ketones is 1. The topological polar surface area (TPSA) is 54.0 Å². The Morgan fingerprint density at radius 3 is 1.57 bits per heavy atom. The fourth-order valence-electron chi connectivity index (χ4n) is 5.12. The predicted molar refractivity (Wildman–Crippen MR) is 133 cm³/mol. The van der Waals surface area contributed by atoms with E-state index in [4.69, 9.17) is 18.9 Å². The maximum Gasteiger partial charge on any atom is 0.135 e. The Morgan fingerprint density at radius 1 is 0.686 bits per heavy atom. The molecule has 2 fully saturated rings. The Kier molecular flexibility index (Phi) is 7.69. The first-order valence-electron chi connectivity index (χ1n) is 12.3. The van der Waals surface area contributed by atoms with Crippen LogP contribution < -0.4 is 0 Å². The van der Waals surface area contributed by atoms with Crippen molar-refractivity contribution in [2.45, 2.75) is 63.7 Å². The molecule has 5 nitrogen and oxygen atoms in total. The second kappa shape index (κ2) is 11.3. The van der Waals surface area contributed by atoms with Gasteiger partial charge in [0, 0.05) is 5.92 Å². The van der Waals surface area contributed by atoms with Crippen LogP contribution in [0.25, 0.3) is 0 Å². The molecular weight excluding hydrogens is 440 g/mol. The monoisotopic (exact) mass is 472 g/mol. The third-order valence-corrected chi connectivity index (χ3v) is 6.93. The van der Waals surface area contributed by atoms with Gasteiger partial charge in [0.15, 0.2) is 0 Å². The van der Waals surface area contributed by atoms with Crippen molar-refractivity contribution in [3.05, 3.63) is 108 Å². The maximum absolute atomic E-state index is 12.6. The number of benzene rings is 3. The van der Waals surface area contributed by atoms with Gasteiger partial charge < -0.3 is 18.9 Å². The van der Waals surface area contributed by atoms with E-state index in [0.29, 0.717) is 26.2 Å². The first-order chi connectivity index (χ1) is 17.2. The van der Waals surface area contributed by atoms with E-state index < -0.39 is 6.10 Å². The molecule has 2 saturated heterocycles. The van der Waals surface area contributed by atoms with Crippen LogP contribution in [0.15, 0.2) is 91.0 Å². The van der Waals surface area contributed by atoms with E-state index in [1.54, 1.807) is 6.92 Å². The Hall–Kier alpha value is -2.83. The minimum atomic E-state index is -0.424. The summed E-state index contributed by atoms with van der Waals surface area (Å²) in [5, 5.41) is 0. The summed E-state index contributed by atoms with van der Waals surface area (Å²) in [5.74, 6) is -0.106. The highest BCUT2D eigenvalue weighted by Gasteiger charge is 2.56. The van der Waals surface area contributed by atoms with E-state index in [-0.39, 0.29) is 36.1 Å². The van der Waals surface area contributed by atoms with Gasteiger partial charge >= 0.3 is 0 Å². The van der Waals surface area contributed by atoms with Crippen LogP contribution in [0.2, 0.25) is 0 Å². The van der Waals surface area contributed by atoms with Gasteiger partial charge in [0.1, 0.15) is 24.1 Å². The van der Waals surface area contributed by atoms with Gasteiger partial charge in [-0.2, -0.15) is 0 Å². The summed E-state index contributed by atoms with van der Waals surface area (Å²) in [4.78, 5) is 12.6. The van der Waals surface area contributed by atoms with Crippen LogP contribution in [0.4, 0.5) is 0 Å². The number of Topliss-reactive ketones (excluding diaryl/α,β-unsaturated/α-hetero) is 1. The van der Waals surface area contributed by atoms with Gasteiger partial charge in [-0.1, -0.05) is 91.0 Å². The molecule has 3 aromatic carbocycles. The molecule has 182 valence electrons. The highest BCUT2D eigenvalue weighted by atomic mass is 16.6. The fourth-order valence-corrected chi connectivity index (χ4v) is 5.12. The SMILES string of the molecule is CC(=O)[C@H]1CC2OC1[C@H](OCc1ccccc1)[C@@H](OCc1ccccc1)[C@@H]2OCc1ccccc1. The summed E-state index contributed by atoms with van der Waals surface area (Å²) in [6, 6.07) is 30.2. The zero-order valence-corrected chi connectivity index (χ0v) is 20.0. The third-order valence-electron chi connectivity index (χ3n) is 6.93. The molecule has 0 saturated carbocycles. The highest BCUT2D eigenvalue weighted by Crippen LogP contribution is 2.42. The van der Waals surface area contributed by atoms with Gasteiger partial charge in [0.05, 0.1) is 32.0 Å². The first kappa shape index (κ1) is 23.9. The number of hydrogen-bond acceptors (Lipinski definition) is 5. The molecule has 0 aromatic heterocycles. The van der Waals surface area contributed by atoms with Crippen LogP contribution in [0.1, 0.15) is 30.0 Å². The number of rotatable bonds is 10. The normalized spacial score (nSPS) is 27.6. The van der Waals surface area contributed by atoms with Gasteiger partial charge in [-0.15, -0.1) is 0 Å². The molecule has 0 aliphatic carbocycles. The lowest BCUT2D eigenvalue weighted by atomic mass is 9.93. The molecule has 2 heterocycles. The van der Waals surface area contributed by atoms with Crippen molar-refractivity contribution < 1.29 is 23.7 Å². The van der Waals surface area contributed by atoms with Crippen molar-refractivity contribution in [2.75, 3.05) is 0 Å². The average molecular weight is 473 g/mol. The minimum Gasteiger partial charge on any atom is -0.369 e. The van der Waals surface area contributed by atoms with Gasteiger partial charge in [-0.05, 0) is 30.0 Å². The van der Waals surface area contributed by atoms with Crippen LogP contribution >= 0.6 is 0 Å². The molecule has 35 heavy (non-hydrogen) atoms. The molecule has 0 spiro atoms. The number of ether oxygens (including phenoxy) is 4. The quantitative estimate of drug-likeness (QED) is 0.410. The summed E-state index contributed by atoms with van der Waals surface area (Å²) in [6.45, 7) is 2.93. The number of carbonyl (C=O) groups excluding carboxylic acids is 1. The third kappa shape index (κ3) is 5.71. The number of carbonyl (C=O) groups is 1.